The van der Waals surface area contributed by atoms with Gasteiger partial charge in [0.05, 0.1) is 17.7 Å². The third-order valence-electron chi connectivity index (χ3n) is 3.18. The van der Waals surface area contributed by atoms with Crippen LogP contribution in [0.25, 0.3) is 0 Å². The first-order valence-electron chi connectivity index (χ1n) is 5.10. The summed E-state index contributed by atoms with van der Waals surface area (Å²) >= 11 is 4.93. The maximum Gasteiger partial charge on any atom is 0.0733 e. The average Bonchev–Trinajstić information content (AvgIpc) is 2.64. The van der Waals surface area contributed by atoms with E-state index in [9.17, 15) is 0 Å². The molecule has 0 atom stereocenters. The van der Waals surface area contributed by atoms with E-state index >= 15 is 0 Å². The first kappa shape index (κ1) is 9.41. The van der Waals surface area contributed by atoms with Gasteiger partial charge < -0.3 is 10.5 Å². The molecule has 13 heavy (non-hydrogen) atoms. The molecule has 0 spiro atoms. The van der Waals surface area contributed by atoms with Crippen LogP contribution in [0.1, 0.15) is 38.5 Å². The van der Waals surface area contributed by atoms with Gasteiger partial charge >= 0.3 is 0 Å². The molecule has 0 aromatic rings. The zero-order chi connectivity index (χ0) is 9.31. The minimum absolute atomic E-state index is 0.349. The van der Waals surface area contributed by atoms with Crippen LogP contribution in [0.2, 0.25) is 0 Å². The predicted molar refractivity (Wildman–Crippen MR) is 56.7 cm³/mol. The van der Waals surface area contributed by atoms with E-state index < -0.39 is 0 Å². The second kappa shape index (κ2) is 3.54. The molecule has 2 rings (SSSR count). The van der Waals surface area contributed by atoms with Crippen LogP contribution in [0.5, 0.6) is 0 Å². The molecule has 0 amide bonds. The van der Waals surface area contributed by atoms with Crippen molar-refractivity contribution >= 4 is 17.2 Å². The average molecular weight is 199 g/mol. The van der Waals surface area contributed by atoms with Gasteiger partial charge in [-0.3, -0.25) is 0 Å². The molecule has 3 heteroatoms. The molecular weight excluding hydrogens is 182 g/mol. The summed E-state index contributed by atoms with van der Waals surface area (Å²) in [6.07, 6.45) is 7.77. The maximum absolute atomic E-state index is 5.79. The van der Waals surface area contributed by atoms with Crippen molar-refractivity contribution in [1.82, 2.24) is 0 Å². The fourth-order valence-corrected chi connectivity index (χ4v) is 2.06. The molecule has 2 aliphatic carbocycles. The van der Waals surface area contributed by atoms with Gasteiger partial charge in [-0.2, -0.15) is 0 Å². The normalized spacial score (nSPS) is 25.2. The number of hydrogen-bond donors (Lipinski definition) is 1. The third-order valence-corrected chi connectivity index (χ3v) is 3.33. The van der Waals surface area contributed by atoms with Crippen molar-refractivity contribution in [3.8, 4) is 0 Å². The smallest absolute Gasteiger partial charge is 0.0733 e. The van der Waals surface area contributed by atoms with Gasteiger partial charge in [-0.25, -0.2) is 0 Å². The first-order valence-corrected chi connectivity index (χ1v) is 5.51. The summed E-state index contributed by atoms with van der Waals surface area (Å²) in [6.45, 7) is 0.884. The lowest BCUT2D eigenvalue weighted by Gasteiger charge is -2.27. The van der Waals surface area contributed by atoms with Gasteiger partial charge in [0.1, 0.15) is 0 Å². The fourth-order valence-electron chi connectivity index (χ4n) is 1.75. The number of hydrogen-bond acceptors (Lipinski definition) is 2. The zero-order valence-corrected chi connectivity index (χ0v) is 8.74. The molecule has 0 aromatic heterocycles. The van der Waals surface area contributed by atoms with Crippen LogP contribution in [-0.4, -0.2) is 17.7 Å². The van der Waals surface area contributed by atoms with Crippen molar-refractivity contribution in [1.29, 1.82) is 0 Å². The molecule has 0 bridgehead atoms. The highest BCUT2D eigenvalue weighted by Crippen LogP contribution is 2.49. The van der Waals surface area contributed by atoms with Gasteiger partial charge in [-0.15, -0.1) is 0 Å². The fraction of sp³-hybridized carbons (Fsp3) is 0.900. The third kappa shape index (κ3) is 2.41. The molecule has 0 heterocycles. The van der Waals surface area contributed by atoms with E-state index in [-0.39, 0.29) is 0 Å². The van der Waals surface area contributed by atoms with Crippen LogP contribution < -0.4 is 5.73 Å². The minimum Gasteiger partial charge on any atom is -0.393 e. The molecule has 2 aliphatic rings. The van der Waals surface area contributed by atoms with Crippen LogP contribution in [0.4, 0.5) is 0 Å². The summed E-state index contributed by atoms with van der Waals surface area (Å²) < 4.78 is 5.79. The molecule has 0 aromatic carbocycles. The predicted octanol–water partition coefficient (Wildman–Crippen LogP) is 2.01. The van der Waals surface area contributed by atoms with Gasteiger partial charge in [-0.1, -0.05) is 12.2 Å². The summed E-state index contributed by atoms with van der Waals surface area (Å²) in [5.74, 6) is 0. The molecule has 2 fully saturated rings. The molecule has 0 saturated heterocycles. The number of ether oxygens (including phenoxy) is 1. The molecule has 2 N–H and O–H groups in total. The Balaban J connectivity index is 1.70. The standard InChI is InChI=1S/C10H17NOS/c11-9(13)6-10(4-5-10)7-12-8-2-1-3-8/h8H,1-7H2,(H2,11,13). The molecule has 74 valence electrons. The van der Waals surface area contributed by atoms with E-state index in [1.807, 2.05) is 0 Å². The Morgan fingerprint density at radius 3 is 2.54 bits per heavy atom. The highest BCUT2D eigenvalue weighted by atomic mass is 32.1. The van der Waals surface area contributed by atoms with Gasteiger partial charge in [0.2, 0.25) is 0 Å². The summed E-state index contributed by atoms with van der Waals surface area (Å²) in [4.78, 5) is 0.648. The Kier molecular flexibility index (Phi) is 2.56. The highest BCUT2D eigenvalue weighted by molar-refractivity contribution is 7.80. The highest BCUT2D eigenvalue weighted by Gasteiger charge is 2.43. The molecule has 0 aliphatic heterocycles. The van der Waals surface area contributed by atoms with Crippen molar-refractivity contribution in [2.75, 3.05) is 6.61 Å². The lowest BCUT2D eigenvalue weighted by Crippen LogP contribution is -2.27. The second-order valence-electron chi connectivity index (χ2n) is 4.51. The van der Waals surface area contributed by atoms with Crippen LogP contribution in [0, 0.1) is 5.41 Å². The Labute approximate surface area is 84.8 Å². The molecule has 2 nitrogen and oxygen atoms in total. The Hall–Kier alpha value is -0.150. The van der Waals surface area contributed by atoms with Gasteiger partial charge in [0.15, 0.2) is 0 Å². The monoisotopic (exact) mass is 199 g/mol. The Bertz CT molecular complexity index is 209. The van der Waals surface area contributed by atoms with E-state index in [1.165, 1.54) is 32.1 Å². The summed E-state index contributed by atoms with van der Waals surface area (Å²) in [5.41, 5.74) is 5.90. The van der Waals surface area contributed by atoms with Crippen LogP contribution in [-0.2, 0) is 4.74 Å². The summed E-state index contributed by atoms with van der Waals surface area (Å²) in [7, 11) is 0. The van der Waals surface area contributed by atoms with Crippen molar-refractivity contribution in [2.45, 2.75) is 44.6 Å². The largest absolute Gasteiger partial charge is 0.393 e. The van der Waals surface area contributed by atoms with E-state index in [0.29, 0.717) is 16.5 Å². The second-order valence-corrected chi connectivity index (χ2v) is 5.03. The lowest BCUT2D eigenvalue weighted by atomic mass is 9.95. The minimum atomic E-state index is 0.349. The van der Waals surface area contributed by atoms with Gasteiger partial charge in [0.25, 0.3) is 0 Å². The Morgan fingerprint density at radius 1 is 1.46 bits per heavy atom. The van der Waals surface area contributed by atoms with E-state index in [0.717, 1.165) is 13.0 Å². The topological polar surface area (TPSA) is 35.2 Å². The van der Waals surface area contributed by atoms with E-state index in [1.54, 1.807) is 0 Å². The van der Waals surface area contributed by atoms with Crippen LogP contribution in [0.15, 0.2) is 0 Å². The van der Waals surface area contributed by atoms with Crippen LogP contribution in [0.3, 0.4) is 0 Å². The van der Waals surface area contributed by atoms with Crippen molar-refractivity contribution in [2.24, 2.45) is 11.1 Å². The van der Waals surface area contributed by atoms with Crippen LogP contribution >= 0.6 is 12.2 Å². The van der Waals surface area contributed by atoms with Crippen molar-refractivity contribution in [3.05, 3.63) is 0 Å². The maximum atomic E-state index is 5.79. The number of rotatable bonds is 5. The molecule has 2 saturated carbocycles. The lowest BCUT2D eigenvalue weighted by molar-refractivity contribution is -0.0199. The molecule has 0 unspecified atom stereocenters. The quantitative estimate of drug-likeness (QED) is 0.688. The van der Waals surface area contributed by atoms with Crippen molar-refractivity contribution < 1.29 is 4.74 Å². The summed E-state index contributed by atoms with van der Waals surface area (Å²) in [6, 6.07) is 0. The summed E-state index contributed by atoms with van der Waals surface area (Å²) in [5, 5.41) is 0. The molecule has 0 radical (unpaired) electrons. The zero-order valence-electron chi connectivity index (χ0n) is 7.92. The number of thiocarbonyl (C=S) groups is 1. The van der Waals surface area contributed by atoms with E-state index in [2.05, 4.69) is 0 Å². The van der Waals surface area contributed by atoms with E-state index in [4.69, 9.17) is 22.7 Å². The Morgan fingerprint density at radius 2 is 2.15 bits per heavy atom. The van der Waals surface area contributed by atoms with Gasteiger partial charge in [-0.05, 0) is 32.1 Å². The SMILES string of the molecule is NC(=S)CC1(COC2CCC2)CC1. The molecular formula is C10H17NOS. The number of nitrogens with two attached hydrogens (primary N) is 1. The first-order chi connectivity index (χ1) is 6.20. The van der Waals surface area contributed by atoms with Gasteiger partial charge in [0, 0.05) is 11.8 Å². The van der Waals surface area contributed by atoms with Crippen molar-refractivity contribution in [3.63, 3.8) is 0 Å².